The van der Waals surface area contributed by atoms with Gasteiger partial charge in [-0.1, -0.05) is 170 Å². The molecule has 0 fully saturated rings. The van der Waals surface area contributed by atoms with Crippen molar-refractivity contribution in [2.24, 2.45) is 7.05 Å². The zero-order chi connectivity index (χ0) is 36.9. The van der Waals surface area contributed by atoms with Gasteiger partial charge in [0.2, 0.25) is 0 Å². The van der Waals surface area contributed by atoms with Crippen molar-refractivity contribution in [2.45, 2.75) is 5.41 Å². The first-order valence-electron chi connectivity index (χ1n) is 18.7. The highest BCUT2D eigenvalue weighted by Gasteiger charge is 2.47. The van der Waals surface area contributed by atoms with E-state index in [-0.39, 0.29) is 0 Å². The fourth-order valence-corrected chi connectivity index (χ4v) is 8.84. The topological polar surface area (TPSA) is 41.6 Å². The minimum atomic E-state index is -0.506. The monoisotopic (exact) mass is 701 g/mol. The van der Waals surface area contributed by atoms with Crippen molar-refractivity contribution in [1.29, 1.82) is 5.26 Å². The van der Waals surface area contributed by atoms with Crippen LogP contribution in [0.4, 0.5) is 0 Å². The minimum Gasteiger partial charge on any atom is -0.327 e. The van der Waals surface area contributed by atoms with Crippen LogP contribution in [0, 0.1) is 11.3 Å². The maximum Gasteiger partial charge on any atom is 0.140 e. The highest BCUT2D eigenvalue weighted by molar-refractivity contribution is 6.02. The second-order valence-electron chi connectivity index (χ2n) is 14.3. The number of nitrogens with zero attached hydrogens (tertiary/aromatic N) is 3. The van der Waals surface area contributed by atoms with Crippen molar-refractivity contribution in [3.63, 3.8) is 0 Å². The van der Waals surface area contributed by atoms with Gasteiger partial charge < -0.3 is 4.57 Å². The number of hydrogen-bond donors (Lipinski definition) is 0. The van der Waals surface area contributed by atoms with Crippen LogP contribution in [0.15, 0.2) is 194 Å². The summed E-state index contributed by atoms with van der Waals surface area (Å²) in [5.74, 6) is 0.949. The van der Waals surface area contributed by atoms with Crippen LogP contribution in [0.1, 0.15) is 27.8 Å². The molecule has 0 radical (unpaired) electrons. The third kappa shape index (κ3) is 5.07. The Morgan fingerprint density at radius 2 is 1.00 bits per heavy atom. The SMILES string of the molecule is Cn1c(-c2ccc(-c3ccc4c(c3-c3ccc(-c5ccc(C#N)cc5)cc3)-c3ccccc3C4(c3ccccc3)c3ccccc3)cc2)nc2ccccc21. The summed E-state index contributed by atoms with van der Waals surface area (Å²) in [5.41, 5.74) is 17.8. The van der Waals surface area contributed by atoms with Gasteiger partial charge in [-0.3, -0.25) is 0 Å². The standard InChI is InChI=1S/C52H35N3/c1-55-48-19-11-10-18-47(48)54-51(55)40-30-26-38(27-31-40)43-32-33-46-50(49(43)39-28-24-37(25-29-39)36-22-20-35(34-53)21-23-36)44-16-8-9-17-45(44)52(46,41-12-4-2-5-13-41)42-14-6-3-7-15-42/h2-33H,1H3. The lowest BCUT2D eigenvalue weighted by Gasteiger charge is -2.34. The van der Waals surface area contributed by atoms with Crippen molar-refractivity contribution in [2.75, 3.05) is 0 Å². The van der Waals surface area contributed by atoms with E-state index in [2.05, 4.69) is 181 Å². The summed E-state index contributed by atoms with van der Waals surface area (Å²) in [6.45, 7) is 0. The maximum absolute atomic E-state index is 9.37. The molecule has 0 amide bonds. The van der Waals surface area contributed by atoms with Crippen molar-refractivity contribution in [3.8, 4) is 62.0 Å². The number of aromatic nitrogens is 2. The first kappa shape index (κ1) is 32.4. The number of para-hydroxylation sites is 2. The molecule has 9 aromatic rings. The Morgan fingerprint density at radius 3 is 1.65 bits per heavy atom. The van der Waals surface area contributed by atoms with Gasteiger partial charge in [0.15, 0.2) is 0 Å². The lowest BCUT2D eigenvalue weighted by atomic mass is 9.67. The lowest BCUT2D eigenvalue weighted by molar-refractivity contribution is 0.768. The smallest absolute Gasteiger partial charge is 0.140 e. The molecule has 1 aliphatic carbocycles. The van der Waals surface area contributed by atoms with Crippen LogP contribution in [0.3, 0.4) is 0 Å². The Balaban J connectivity index is 1.22. The van der Waals surface area contributed by atoms with E-state index >= 15 is 0 Å². The third-order valence-electron chi connectivity index (χ3n) is 11.4. The molecular formula is C52H35N3. The Kier molecular flexibility index (Phi) is 7.64. The minimum absolute atomic E-state index is 0.506. The lowest BCUT2D eigenvalue weighted by Crippen LogP contribution is -2.28. The first-order valence-corrected chi connectivity index (χ1v) is 18.7. The van der Waals surface area contributed by atoms with E-state index in [9.17, 15) is 5.26 Å². The van der Waals surface area contributed by atoms with Crippen LogP contribution in [0.2, 0.25) is 0 Å². The second-order valence-corrected chi connectivity index (χ2v) is 14.3. The number of fused-ring (bicyclic) bond motifs is 4. The summed E-state index contributed by atoms with van der Waals surface area (Å²) in [7, 11) is 2.09. The molecule has 1 aliphatic rings. The van der Waals surface area contributed by atoms with Gasteiger partial charge in [0.25, 0.3) is 0 Å². The van der Waals surface area contributed by atoms with Gasteiger partial charge in [0, 0.05) is 12.6 Å². The Morgan fingerprint density at radius 1 is 0.455 bits per heavy atom. The molecule has 0 saturated carbocycles. The normalized spacial score (nSPS) is 12.6. The van der Waals surface area contributed by atoms with Crippen LogP contribution < -0.4 is 0 Å². The van der Waals surface area contributed by atoms with E-state index in [1.807, 2.05) is 30.3 Å². The molecule has 0 saturated heterocycles. The molecule has 0 spiro atoms. The number of rotatable bonds is 6. The van der Waals surface area contributed by atoms with Crippen LogP contribution in [-0.4, -0.2) is 9.55 Å². The number of nitriles is 1. The Hall–Kier alpha value is -7.28. The maximum atomic E-state index is 9.37. The highest BCUT2D eigenvalue weighted by atomic mass is 15.1. The van der Waals surface area contributed by atoms with Gasteiger partial charge in [-0.05, 0) is 91.0 Å². The van der Waals surface area contributed by atoms with Gasteiger partial charge in [-0.15, -0.1) is 0 Å². The molecule has 3 nitrogen and oxygen atoms in total. The molecule has 0 atom stereocenters. The molecule has 10 rings (SSSR count). The van der Waals surface area contributed by atoms with Crippen molar-refractivity contribution < 1.29 is 0 Å². The zero-order valence-electron chi connectivity index (χ0n) is 30.3. The fourth-order valence-electron chi connectivity index (χ4n) is 8.84. The van der Waals surface area contributed by atoms with Gasteiger partial charge in [-0.25, -0.2) is 4.98 Å². The van der Waals surface area contributed by atoms with E-state index in [4.69, 9.17) is 4.98 Å². The third-order valence-corrected chi connectivity index (χ3v) is 11.4. The molecule has 1 aromatic heterocycles. The highest BCUT2D eigenvalue weighted by Crippen LogP contribution is 2.59. The molecule has 55 heavy (non-hydrogen) atoms. The largest absolute Gasteiger partial charge is 0.327 e. The average Bonchev–Trinajstić information content (AvgIpc) is 3.76. The summed E-state index contributed by atoms with van der Waals surface area (Å²) >= 11 is 0. The number of hydrogen-bond acceptors (Lipinski definition) is 2. The predicted molar refractivity (Wildman–Crippen MR) is 224 cm³/mol. The fraction of sp³-hybridized carbons (Fsp3) is 0.0385. The van der Waals surface area contributed by atoms with Crippen LogP contribution in [0.5, 0.6) is 0 Å². The van der Waals surface area contributed by atoms with Gasteiger partial charge >= 0.3 is 0 Å². The molecule has 0 N–H and O–H groups in total. The van der Waals surface area contributed by atoms with E-state index in [1.54, 1.807) is 0 Å². The van der Waals surface area contributed by atoms with Crippen molar-refractivity contribution in [1.82, 2.24) is 9.55 Å². The van der Waals surface area contributed by atoms with E-state index in [0.717, 1.165) is 44.7 Å². The Labute approximate surface area is 321 Å². The molecule has 3 heteroatoms. The number of aryl methyl sites for hydroxylation is 1. The number of benzene rings is 8. The molecule has 0 unspecified atom stereocenters. The van der Waals surface area contributed by atoms with E-state index in [1.165, 1.54) is 44.5 Å². The molecule has 8 aromatic carbocycles. The van der Waals surface area contributed by atoms with Crippen molar-refractivity contribution >= 4 is 11.0 Å². The Bertz CT molecular complexity index is 2860. The second kappa shape index (κ2) is 13.0. The first-order chi connectivity index (χ1) is 27.1. The zero-order valence-corrected chi connectivity index (χ0v) is 30.3. The van der Waals surface area contributed by atoms with E-state index < -0.39 is 5.41 Å². The van der Waals surface area contributed by atoms with E-state index in [0.29, 0.717) is 5.56 Å². The molecule has 1 heterocycles. The summed E-state index contributed by atoms with van der Waals surface area (Å²) < 4.78 is 2.17. The van der Waals surface area contributed by atoms with Crippen LogP contribution in [-0.2, 0) is 12.5 Å². The summed E-state index contributed by atoms with van der Waals surface area (Å²) in [4.78, 5) is 4.99. The van der Waals surface area contributed by atoms with Crippen molar-refractivity contribution in [3.05, 3.63) is 222 Å². The summed E-state index contributed by atoms with van der Waals surface area (Å²) in [6, 6.07) is 71.8. The quantitative estimate of drug-likeness (QED) is 0.173. The average molecular weight is 702 g/mol. The van der Waals surface area contributed by atoms with Gasteiger partial charge in [0.1, 0.15) is 5.82 Å². The van der Waals surface area contributed by atoms with Gasteiger partial charge in [-0.2, -0.15) is 5.26 Å². The molecule has 0 aliphatic heterocycles. The van der Waals surface area contributed by atoms with Gasteiger partial charge in [0.05, 0.1) is 28.1 Å². The van der Waals surface area contributed by atoms with Crippen LogP contribution >= 0.6 is 0 Å². The molecule has 0 bridgehead atoms. The predicted octanol–water partition coefficient (Wildman–Crippen LogP) is 12.5. The number of imidazole rings is 1. The summed E-state index contributed by atoms with van der Waals surface area (Å²) in [6.07, 6.45) is 0. The van der Waals surface area contributed by atoms with Crippen LogP contribution in [0.25, 0.3) is 66.9 Å². The summed E-state index contributed by atoms with van der Waals surface area (Å²) in [5, 5.41) is 9.37. The molecule has 258 valence electrons. The molecular weight excluding hydrogens is 667 g/mol.